The number of hydrogen-bond donors (Lipinski definition) is 2. The van der Waals surface area contributed by atoms with Gasteiger partial charge in [-0.15, -0.1) is 11.3 Å². The van der Waals surface area contributed by atoms with Gasteiger partial charge >= 0.3 is 0 Å². The number of benzene rings is 1. The third-order valence-electron chi connectivity index (χ3n) is 3.25. The Morgan fingerprint density at radius 1 is 1.24 bits per heavy atom. The minimum absolute atomic E-state index is 0.212. The first-order valence-corrected chi connectivity index (χ1v) is 7.62. The molecule has 0 saturated heterocycles. The molecule has 0 bridgehead atoms. The molecule has 3 rings (SSSR count). The van der Waals surface area contributed by atoms with Gasteiger partial charge in [-0.05, 0) is 42.8 Å². The lowest BCUT2D eigenvalue weighted by molar-refractivity contribution is 0.0926. The first-order valence-electron chi connectivity index (χ1n) is 6.80. The maximum absolute atomic E-state index is 12.1. The molecule has 0 fully saturated rings. The fourth-order valence-electron chi connectivity index (χ4n) is 2.14. The zero-order valence-corrected chi connectivity index (χ0v) is 12.5. The second kappa shape index (κ2) is 5.61. The number of aryl methyl sites for hydroxylation is 1. The highest BCUT2D eigenvalue weighted by Gasteiger charge is 2.12. The van der Waals surface area contributed by atoms with Crippen LogP contribution in [0.4, 0.5) is 5.69 Å². The van der Waals surface area contributed by atoms with E-state index in [1.807, 2.05) is 6.07 Å². The average molecular weight is 300 g/mol. The van der Waals surface area contributed by atoms with Crippen LogP contribution in [0, 0.1) is 0 Å². The Balaban J connectivity index is 1.71. The Labute approximate surface area is 126 Å². The summed E-state index contributed by atoms with van der Waals surface area (Å²) >= 11 is 1.72. The zero-order chi connectivity index (χ0) is 14.8. The third-order valence-corrected chi connectivity index (χ3v) is 4.48. The summed E-state index contributed by atoms with van der Waals surface area (Å²) in [5.74, 6) is 0.0964. The van der Waals surface area contributed by atoms with Crippen LogP contribution in [0.15, 0.2) is 40.8 Å². The maximum Gasteiger partial charge on any atom is 0.287 e. The van der Waals surface area contributed by atoms with Gasteiger partial charge in [-0.2, -0.15) is 0 Å². The monoisotopic (exact) mass is 300 g/mol. The molecule has 108 valence electrons. The van der Waals surface area contributed by atoms with Gasteiger partial charge < -0.3 is 15.5 Å². The van der Waals surface area contributed by atoms with E-state index in [0.717, 1.165) is 16.7 Å². The smallest absolute Gasteiger partial charge is 0.287 e. The lowest BCUT2D eigenvalue weighted by Crippen LogP contribution is -2.21. The molecule has 0 radical (unpaired) electrons. The van der Waals surface area contributed by atoms with Crippen LogP contribution >= 0.6 is 11.3 Å². The van der Waals surface area contributed by atoms with E-state index in [1.165, 1.54) is 4.88 Å². The number of amides is 1. The first-order chi connectivity index (χ1) is 10.2. The highest BCUT2D eigenvalue weighted by molar-refractivity contribution is 7.11. The predicted octanol–water partition coefficient (Wildman–Crippen LogP) is 3.57. The van der Waals surface area contributed by atoms with E-state index < -0.39 is 0 Å². The Hall–Kier alpha value is -2.27. The lowest BCUT2D eigenvalue weighted by atomic mass is 10.2. The second-order valence-electron chi connectivity index (χ2n) is 4.81. The van der Waals surface area contributed by atoms with Gasteiger partial charge in [-0.1, -0.05) is 6.92 Å². The number of nitrogens with two attached hydrogens (primary N) is 1. The summed E-state index contributed by atoms with van der Waals surface area (Å²) in [6, 6.07) is 11.2. The lowest BCUT2D eigenvalue weighted by Gasteiger charge is -2.00. The molecule has 0 spiro atoms. The molecule has 3 aromatic rings. The van der Waals surface area contributed by atoms with Crippen molar-refractivity contribution in [3.8, 4) is 0 Å². The van der Waals surface area contributed by atoms with Gasteiger partial charge in [-0.25, -0.2) is 0 Å². The number of thiophene rings is 1. The van der Waals surface area contributed by atoms with Gasteiger partial charge in [-0.3, -0.25) is 4.79 Å². The standard InChI is InChI=1S/C16H16N2O2S/c1-2-12-4-5-13(21-12)9-18-16(19)15-8-10-7-11(17)3-6-14(10)20-15/h3-8H,2,9,17H2,1H3,(H,18,19). The van der Waals surface area contributed by atoms with Gasteiger partial charge in [0.05, 0.1) is 6.54 Å². The molecule has 0 unspecified atom stereocenters. The number of nitrogen functional groups attached to an aromatic ring is 1. The highest BCUT2D eigenvalue weighted by Crippen LogP contribution is 2.22. The molecular formula is C16H16N2O2S. The number of nitrogens with one attached hydrogen (secondary N) is 1. The molecule has 3 N–H and O–H groups in total. The van der Waals surface area contributed by atoms with E-state index in [4.69, 9.17) is 10.2 Å². The molecule has 0 aliphatic carbocycles. The van der Waals surface area contributed by atoms with Crippen molar-refractivity contribution in [3.05, 3.63) is 51.9 Å². The second-order valence-corrected chi connectivity index (χ2v) is 6.07. The summed E-state index contributed by atoms with van der Waals surface area (Å²) < 4.78 is 5.54. The molecule has 0 saturated carbocycles. The van der Waals surface area contributed by atoms with Crippen LogP contribution in [-0.4, -0.2) is 5.91 Å². The van der Waals surface area contributed by atoms with E-state index in [1.54, 1.807) is 35.6 Å². The third kappa shape index (κ3) is 2.92. The van der Waals surface area contributed by atoms with E-state index in [2.05, 4.69) is 18.3 Å². The van der Waals surface area contributed by atoms with Crippen LogP contribution in [0.3, 0.4) is 0 Å². The van der Waals surface area contributed by atoms with E-state index in [9.17, 15) is 4.79 Å². The van der Waals surface area contributed by atoms with Crippen LogP contribution < -0.4 is 11.1 Å². The number of anilines is 1. The minimum Gasteiger partial charge on any atom is -0.451 e. The van der Waals surface area contributed by atoms with Crippen molar-refractivity contribution in [2.45, 2.75) is 19.9 Å². The summed E-state index contributed by atoms with van der Waals surface area (Å²) in [5, 5.41) is 3.71. The first kappa shape index (κ1) is 13.7. The summed E-state index contributed by atoms with van der Waals surface area (Å²) in [6.45, 7) is 2.64. The summed E-state index contributed by atoms with van der Waals surface area (Å²) in [4.78, 5) is 14.6. The van der Waals surface area contributed by atoms with Gasteiger partial charge in [0.1, 0.15) is 5.58 Å². The Bertz CT molecular complexity index is 789. The topological polar surface area (TPSA) is 68.3 Å². The molecular weight excluding hydrogens is 284 g/mol. The molecule has 0 aliphatic heterocycles. The molecule has 0 aliphatic rings. The number of carbonyl (C=O) groups excluding carboxylic acids is 1. The van der Waals surface area contributed by atoms with Crippen molar-refractivity contribution in [3.63, 3.8) is 0 Å². The van der Waals surface area contributed by atoms with Crippen molar-refractivity contribution in [2.24, 2.45) is 0 Å². The summed E-state index contributed by atoms with van der Waals surface area (Å²) in [6.07, 6.45) is 1.02. The fourth-order valence-corrected chi connectivity index (χ4v) is 3.03. The van der Waals surface area contributed by atoms with Gasteiger partial charge in [0, 0.05) is 20.8 Å². The summed E-state index contributed by atoms with van der Waals surface area (Å²) in [5.41, 5.74) is 7.04. The molecule has 5 heteroatoms. The normalized spacial score (nSPS) is 10.9. The molecule has 1 aromatic carbocycles. The van der Waals surface area contributed by atoms with Crippen LogP contribution in [-0.2, 0) is 13.0 Å². The maximum atomic E-state index is 12.1. The molecule has 1 amide bonds. The quantitative estimate of drug-likeness (QED) is 0.724. The minimum atomic E-state index is -0.212. The highest BCUT2D eigenvalue weighted by atomic mass is 32.1. The zero-order valence-electron chi connectivity index (χ0n) is 11.7. The largest absolute Gasteiger partial charge is 0.451 e. The predicted molar refractivity (Wildman–Crippen MR) is 85.5 cm³/mol. The number of furan rings is 1. The summed E-state index contributed by atoms with van der Waals surface area (Å²) in [7, 11) is 0. The Morgan fingerprint density at radius 2 is 2.05 bits per heavy atom. The van der Waals surface area contributed by atoms with Crippen LogP contribution in [0.25, 0.3) is 11.0 Å². The van der Waals surface area contributed by atoms with Crippen LogP contribution in [0.1, 0.15) is 27.2 Å². The van der Waals surface area contributed by atoms with Crippen molar-refractivity contribution in [1.82, 2.24) is 5.32 Å². The Morgan fingerprint density at radius 3 is 2.81 bits per heavy atom. The van der Waals surface area contributed by atoms with Crippen molar-refractivity contribution in [2.75, 3.05) is 5.73 Å². The molecule has 2 aromatic heterocycles. The van der Waals surface area contributed by atoms with Crippen molar-refractivity contribution < 1.29 is 9.21 Å². The van der Waals surface area contributed by atoms with Gasteiger partial charge in [0.25, 0.3) is 5.91 Å². The number of hydrogen-bond acceptors (Lipinski definition) is 4. The fraction of sp³-hybridized carbons (Fsp3) is 0.188. The molecule has 4 nitrogen and oxygen atoms in total. The van der Waals surface area contributed by atoms with Crippen molar-refractivity contribution >= 4 is 33.9 Å². The van der Waals surface area contributed by atoms with E-state index in [-0.39, 0.29) is 5.91 Å². The molecule has 21 heavy (non-hydrogen) atoms. The average Bonchev–Trinajstić information content (AvgIpc) is 3.10. The van der Waals surface area contributed by atoms with Crippen molar-refractivity contribution in [1.29, 1.82) is 0 Å². The van der Waals surface area contributed by atoms with E-state index >= 15 is 0 Å². The molecule has 2 heterocycles. The molecule has 0 atom stereocenters. The SMILES string of the molecule is CCc1ccc(CNC(=O)c2cc3cc(N)ccc3o2)s1. The number of rotatable bonds is 4. The van der Waals surface area contributed by atoms with Gasteiger partial charge in [0.15, 0.2) is 5.76 Å². The number of fused-ring (bicyclic) bond motifs is 1. The van der Waals surface area contributed by atoms with Crippen LogP contribution in [0.5, 0.6) is 0 Å². The van der Waals surface area contributed by atoms with E-state index in [0.29, 0.717) is 23.6 Å². The van der Waals surface area contributed by atoms with Gasteiger partial charge in [0.2, 0.25) is 0 Å². The van der Waals surface area contributed by atoms with Crippen LogP contribution in [0.2, 0.25) is 0 Å². The number of carbonyl (C=O) groups is 1. The Kier molecular flexibility index (Phi) is 3.66.